The van der Waals surface area contributed by atoms with Crippen molar-refractivity contribution in [3.63, 3.8) is 0 Å². The van der Waals surface area contributed by atoms with Gasteiger partial charge in [0.15, 0.2) is 0 Å². The van der Waals surface area contributed by atoms with E-state index in [2.05, 4.69) is 72.8 Å². The molecular weight excluding hydrogens is 358 g/mol. The number of hydrogen-bond acceptors (Lipinski definition) is 2. The fourth-order valence-corrected chi connectivity index (χ4v) is 3.01. The first kappa shape index (κ1) is 24.4. The van der Waals surface area contributed by atoms with Crippen LogP contribution in [0.1, 0.15) is 45.6 Å². The Bertz CT molecular complexity index is 810. The van der Waals surface area contributed by atoms with E-state index < -0.39 is 0 Å². The number of nitrogens with zero attached hydrogens (tertiary/aromatic N) is 2. The molecule has 0 atom stereocenters. The van der Waals surface area contributed by atoms with E-state index in [1.54, 1.807) is 6.08 Å². The molecule has 4 nitrogen and oxygen atoms in total. The van der Waals surface area contributed by atoms with Gasteiger partial charge in [0.2, 0.25) is 0 Å². The Morgan fingerprint density at radius 1 is 1.28 bits per heavy atom. The number of rotatable bonds is 5. The van der Waals surface area contributed by atoms with Crippen molar-refractivity contribution in [1.29, 1.82) is 0 Å². The van der Waals surface area contributed by atoms with Crippen LogP contribution in [-0.4, -0.2) is 27.2 Å². The number of fused-ring (bicyclic) bond motifs is 1. The Morgan fingerprint density at radius 3 is 2.55 bits per heavy atom. The highest BCUT2D eigenvalue weighted by molar-refractivity contribution is 5.83. The highest BCUT2D eigenvalue weighted by Crippen LogP contribution is 2.27. The maximum Gasteiger partial charge on any atom is 0.137 e. The summed E-state index contributed by atoms with van der Waals surface area (Å²) >= 11 is 0. The fourth-order valence-electron chi connectivity index (χ4n) is 3.01. The summed E-state index contributed by atoms with van der Waals surface area (Å²) in [7, 11) is 2.06. The van der Waals surface area contributed by atoms with Gasteiger partial charge in [-0.2, -0.15) is 0 Å². The molecular formula is C25H37N3O. The normalized spacial score (nSPS) is 12.4. The molecule has 0 bridgehead atoms. The van der Waals surface area contributed by atoms with E-state index in [4.69, 9.17) is 4.74 Å². The van der Waals surface area contributed by atoms with E-state index in [0.29, 0.717) is 6.10 Å². The average molecular weight is 396 g/mol. The Morgan fingerprint density at radius 2 is 2.00 bits per heavy atom. The average Bonchev–Trinajstić information content (AvgIpc) is 3.33. The number of H-pyrrole nitrogens is 1. The smallest absolute Gasteiger partial charge is 0.137 e. The van der Waals surface area contributed by atoms with Gasteiger partial charge in [-0.1, -0.05) is 26.8 Å². The quantitative estimate of drug-likeness (QED) is 0.488. The van der Waals surface area contributed by atoms with Gasteiger partial charge in [-0.25, -0.2) is 4.98 Å². The summed E-state index contributed by atoms with van der Waals surface area (Å²) in [5.41, 5.74) is 4.73. The van der Waals surface area contributed by atoms with Gasteiger partial charge in [0.25, 0.3) is 0 Å². The molecule has 1 N–H and O–H groups in total. The van der Waals surface area contributed by atoms with Crippen LogP contribution >= 0.6 is 0 Å². The minimum absolute atomic E-state index is 0.563. The first-order valence-corrected chi connectivity index (χ1v) is 10.5. The van der Waals surface area contributed by atoms with Gasteiger partial charge in [0.05, 0.1) is 12.7 Å². The van der Waals surface area contributed by atoms with Crippen LogP contribution in [0.4, 0.5) is 0 Å². The van der Waals surface area contributed by atoms with Gasteiger partial charge in [0.1, 0.15) is 5.65 Å². The highest BCUT2D eigenvalue weighted by Gasteiger charge is 2.16. The molecule has 1 aliphatic rings. The Kier molecular flexibility index (Phi) is 11.4. The summed E-state index contributed by atoms with van der Waals surface area (Å²) in [6.07, 6.45) is 13.4. The molecule has 4 rings (SSSR count). The molecule has 0 radical (unpaired) electrons. The number of nitrogens with one attached hydrogen (secondary N) is 1. The molecule has 0 saturated heterocycles. The zero-order chi connectivity index (χ0) is 21.6. The zero-order valence-electron chi connectivity index (χ0n) is 18.6. The number of hydrogen-bond donors (Lipinski definition) is 1. The molecule has 0 aliphatic heterocycles. The van der Waals surface area contributed by atoms with Crippen LogP contribution in [0.25, 0.3) is 22.3 Å². The van der Waals surface area contributed by atoms with Crippen molar-refractivity contribution < 1.29 is 4.74 Å². The first-order valence-electron chi connectivity index (χ1n) is 10.5. The molecule has 29 heavy (non-hydrogen) atoms. The maximum atomic E-state index is 5.31. The molecule has 0 amide bonds. The van der Waals surface area contributed by atoms with Crippen LogP contribution in [-0.2, 0) is 18.2 Å². The van der Waals surface area contributed by atoms with Crippen LogP contribution in [0.3, 0.4) is 0 Å². The lowest BCUT2D eigenvalue weighted by Crippen LogP contribution is -2.21. The van der Waals surface area contributed by atoms with Crippen molar-refractivity contribution in [2.45, 2.75) is 52.6 Å². The zero-order valence-corrected chi connectivity index (χ0v) is 18.6. The van der Waals surface area contributed by atoms with Crippen LogP contribution in [0.5, 0.6) is 0 Å². The molecule has 0 unspecified atom stereocenters. The van der Waals surface area contributed by atoms with E-state index >= 15 is 0 Å². The van der Waals surface area contributed by atoms with Gasteiger partial charge in [-0.05, 0) is 49.4 Å². The molecule has 1 fully saturated rings. The van der Waals surface area contributed by atoms with Gasteiger partial charge < -0.3 is 14.3 Å². The SMILES string of the molecule is C=C.C=CCOC1CCC1.CC.CCc1cn(C)cc1-c1cc2cccnc2[nH]1. The second-order valence-electron chi connectivity index (χ2n) is 6.52. The molecule has 0 spiro atoms. The van der Waals surface area contributed by atoms with E-state index in [-0.39, 0.29) is 0 Å². The molecule has 3 heterocycles. The number of ether oxygens (including phenoxy) is 1. The molecule has 0 aromatic carbocycles. The predicted octanol–water partition coefficient (Wildman–Crippen LogP) is 6.70. The van der Waals surface area contributed by atoms with E-state index in [9.17, 15) is 0 Å². The van der Waals surface area contributed by atoms with Gasteiger partial charge >= 0.3 is 0 Å². The monoisotopic (exact) mass is 395 g/mol. The fraction of sp³-hybridized carbons (Fsp3) is 0.400. The lowest BCUT2D eigenvalue weighted by Gasteiger charge is -2.24. The Balaban J connectivity index is 0.000000296. The highest BCUT2D eigenvalue weighted by atomic mass is 16.5. The van der Waals surface area contributed by atoms with Gasteiger partial charge in [0, 0.05) is 42.3 Å². The van der Waals surface area contributed by atoms with Crippen molar-refractivity contribution in [3.05, 3.63) is 68.2 Å². The lowest BCUT2D eigenvalue weighted by atomic mass is 9.96. The van der Waals surface area contributed by atoms with Crippen molar-refractivity contribution in [2.75, 3.05) is 6.61 Å². The van der Waals surface area contributed by atoms with E-state index in [1.165, 1.54) is 30.4 Å². The second-order valence-corrected chi connectivity index (χ2v) is 6.52. The van der Waals surface area contributed by atoms with Crippen molar-refractivity contribution in [1.82, 2.24) is 14.5 Å². The van der Waals surface area contributed by atoms with Gasteiger partial charge in [-0.3, -0.25) is 0 Å². The molecule has 1 aliphatic carbocycles. The third-order valence-electron chi connectivity index (χ3n) is 4.60. The number of aryl methyl sites for hydroxylation is 2. The van der Waals surface area contributed by atoms with Crippen molar-refractivity contribution in [2.24, 2.45) is 7.05 Å². The molecule has 158 valence electrons. The van der Waals surface area contributed by atoms with Crippen molar-refractivity contribution >= 4 is 11.0 Å². The first-order chi connectivity index (χ1) is 14.2. The van der Waals surface area contributed by atoms with E-state index in [1.807, 2.05) is 26.1 Å². The summed E-state index contributed by atoms with van der Waals surface area (Å²) in [5.74, 6) is 0. The standard InChI is InChI=1S/C14H15N3.C7H12O.C2H6.C2H4/c1-3-10-8-17(2)9-12(10)13-7-11-5-4-6-15-14(11)16-13;1-2-6-8-7-4-3-5-7;2*1-2/h4-9H,3H2,1-2H3,(H,15,16);2,7H,1,3-6H2;1-2H3;1-2H2. The summed E-state index contributed by atoms with van der Waals surface area (Å²) < 4.78 is 7.41. The van der Waals surface area contributed by atoms with Crippen LogP contribution in [0.15, 0.2) is 62.6 Å². The lowest BCUT2D eigenvalue weighted by molar-refractivity contribution is 0.0189. The number of aromatic amines is 1. The molecule has 3 aromatic heterocycles. The molecule has 1 saturated carbocycles. The second kappa shape index (κ2) is 13.6. The molecule has 4 heteroatoms. The maximum absolute atomic E-state index is 5.31. The minimum Gasteiger partial charge on any atom is -0.374 e. The van der Waals surface area contributed by atoms with Gasteiger partial charge in [-0.15, -0.1) is 19.7 Å². The van der Waals surface area contributed by atoms with Crippen LogP contribution in [0, 0.1) is 0 Å². The summed E-state index contributed by atoms with van der Waals surface area (Å²) in [4.78, 5) is 7.70. The predicted molar refractivity (Wildman–Crippen MR) is 126 cm³/mol. The summed E-state index contributed by atoms with van der Waals surface area (Å²) in [6.45, 7) is 16.5. The minimum atomic E-state index is 0.563. The number of aromatic nitrogens is 3. The Labute approximate surface area is 176 Å². The largest absolute Gasteiger partial charge is 0.374 e. The summed E-state index contributed by atoms with van der Waals surface area (Å²) in [5, 5.41) is 1.16. The van der Waals surface area contributed by atoms with Crippen LogP contribution in [0.2, 0.25) is 0 Å². The third kappa shape index (κ3) is 7.06. The summed E-state index contributed by atoms with van der Waals surface area (Å²) in [6, 6.07) is 6.21. The Hall–Kier alpha value is -2.59. The van der Waals surface area contributed by atoms with E-state index in [0.717, 1.165) is 29.8 Å². The van der Waals surface area contributed by atoms with Crippen molar-refractivity contribution in [3.8, 4) is 11.3 Å². The topological polar surface area (TPSA) is 42.8 Å². The third-order valence-corrected chi connectivity index (χ3v) is 4.60. The molecule has 3 aromatic rings. The van der Waals surface area contributed by atoms with Crippen LogP contribution < -0.4 is 0 Å². The number of pyridine rings is 1.